The highest BCUT2D eigenvalue weighted by atomic mass is 16.3. The molecule has 0 radical (unpaired) electrons. The van der Waals surface area contributed by atoms with Crippen molar-refractivity contribution in [3.05, 3.63) is 0 Å². The molecular weight excluding hydrogens is 202 g/mol. The average Bonchev–Trinajstić information content (AvgIpc) is 2.82. The van der Waals surface area contributed by atoms with Gasteiger partial charge in [-0.2, -0.15) is 0 Å². The van der Waals surface area contributed by atoms with E-state index in [0.29, 0.717) is 6.54 Å². The lowest BCUT2D eigenvalue weighted by Crippen LogP contribution is -2.42. The van der Waals surface area contributed by atoms with Crippen molar-refractivity contribution >= 4 is 5.91 Å². The van der Waals surface area contributed by atoms with Gasteiger partial charge in [-0.3, -0.25) is 4.79 Å². The summed E-state index contributed by atoms with van der Waals surface area (Å²) in [6, 6.07) is 0. The molecule has 2 saturated carbocycles. The van der Waals surface area contributed by atoms with E-state index >= 15 is 0 Å². The maximum atomic E-state index is 11.8. The molecule has 2 fully saturated rings. The third-order valence-corrected chi connectivity index (χ3v) is 4.05. The Bertz CT molecular complexity index is 265. The van der Waals surface area contributed by atoms with Crippen molar-refractivity contribution in [3.63, 3.8) is 0 Å². The molecule has 2 rings (SSSR count). The van der Waals surface area contributed by atoms with Gasteiger partial charge in [0.2, 0.25) is 5.91 Å². The fraction of sp³-hybridized carbons (Fsp3) is 0.923. The second-order valence-corrected chi connectivity index (χ2v) is 5.89. The fourth-order valence-corrected chi connectivity index (χ4v) is 2.98. The number of rotatable bonds is 5. The number of hydrogen-bond acceptors (Lipinski definition) is 2. The van der Waals surface area contributed by atoms with Crippen LogP contribution in [0.1, 0.15) is 46.0 Å². The number of carbonyl (C=O) groups is 1. The van der Waals surface area contributed by atoms with Crippen LogP contribution in [0.2, 0.25) is 0 Å². The smallest absolute Gasteiger partial charge is 0.223 e. The van der Waals surface area contributed by atoms with Gasteiger partial charge < -0.3 is 10.4 Å². The van der Waals surface area contributed by atoms with Gasteiger partial charge in [-0.25, -0.2) is 0 Å². The van der Waals surface area contributed by atoms with E-state index in [-0.39, 0.29) is 11.8 Å². The Morgan fingerprint density at radius 2 is 2.00 bits per heavy atom. The van der Waals surface area contributed by atoms with Gasteiger partial charge in [0.1, 0.15) is 0 Å². The molecule has 0 bridgehead atoms. The molecule has 3 unspecified atom stereocenters. The number of amides is 1. The van der Waals surface area contributed by atoms with Crippen molar-refractivity contribution in [2.75, 3.05) is 6.54 Å². The van der Waals surface area contributed by atoms with Crippen LogP contribution in [-0.2, 0) is 4.79 Å². The molecule has 0 saturated heterocycles. The van der Waals surface area contributed by atoms with E-state index < -0.39 is 5.60 Å². The number of carbonyl (C=O) groups excluding carboxylic acids is 1. The third-order valence-electron chi connectivity index (χ3n) is 4.05. The summed E-state index contributed by atoms with van der Waals surface area (Å²) in [4.78, 5) is 11.8. The minimum absolute atomic E-state index is 0.156. The molecule has 16 heavy (non-hydrogen) atoms. The molecule has 2 aliphatic carbocycles. The predicted octanol–water partition coefficient (Wildman–Crippen LogP) is 1.70. The lowest BCUT2D eigenvalue weighted by atomic mass is 9.99. The monoisotopic (exact) mass is 225 g/mol. The Morgan fingerprint density at radius 3 is 2.56 bits per heavy atom. The molecule has 0 spiro atoms. The maximum Gasteiger partial charge on any atom is 0.223 e. The SMILES string of the molecule is CCCC(C)(O)CNC(=O)C1CC2CC2C1. The minimum atomic E-state index is -0.744. The topological polar surface area (TPSA) is 49.3 Å². The summed E-state index contributed by atoms with van der Waals surface area (Å²) in [6.07, 6.45) is 5.18. The largest absolute Gasteiger partial charge is 0.388 e. The zero-order chi connectivity index (χ0) is 11.8. The fourth-order valence-electron chi connectivity index (χ4n) is 2.98. The van der Waals surface area contributed by atoms with Crippen LogP contribution in [0.15, 0.2) is 0 Å². The first-order chi connectivity index (χ1) is 7.52. The highest BCUT2D eigenvalue weighted by Gasteiger charge is 2.48. The van der Waals surface area contributed by atoms with Gasteiger partial charge >= 0.3 is 0 Å². The van der Waals surface area contributed by atoms with Crippen LogP contribution in [0.4, 0.5) is 0 Å². The molecule has 3 nitrogen and oxygen atoms in total. The average molecular weight is 225 g/mol. The highest BCUT2D eigenvalue weighted by Crippen LogP contribution is 2.54. The summed E-state index contributed by atoms with van der Waals surface area (Å²) in [7, 11) is 0. The zero-order valence-electron chi connectivity index (χ0n) is 10.3. The summed E-state index contributed by atoms with van der Waals surface area (Å²) < 4.78 is 0. The minimum Gasteiger partial charge on any atom is -0.388 e. The van der Waals surface area contributed by atoms with E-state index in [1.807, 2.05) is 6.92 Å². The molecule has 0 aromatic heterocycles. The summed E-state index contributed by atoms with van der Waals surface area (Å²) >= 11 is 0. The van der Waals surface area contributed by atoms with Gasteiger partial charge in [0.05, 0.1) is 5.60 Å². The first-order valence-corrected chi connectivity index (χ1v) is 6.52. The van der Waals surface area contributed by atoms with Crippen LogP contribution in [0.5, 0.6) is 0 Å². The van der Waals surface area contributed by atoms with Crippen molar-refractivity contribution in [3.8, 4) is 0 Å². The van der Waals surface area contributed by atoms with Crippen LogP contribution < -0.4 is 5.32 Å². The van der Waals surface area contributed by atoms with Gasteiger partial charge in [0.25, 0.3) is 0 Å². The van der Waals surface area contributed by atoms with E-state index in [2.05, 4.69) is 5.32 Å². The van der Waals surface area contributed by atoms with E-state index in [1.54, 1.807) is 6.92 Å². The molecule has 1 amide bonds. The lowest BCUT2D eigenvalue weighted by Gasteiger charge is -2.24. The number of hydrogen-bond donors (Lipinski definition) is 2. The molecule has 0 aromatic carbocycles. The molecule has 92 valence electrons. The first kappa shape index (κ1) is 11.9. The van der Waals surface area contributed by atoms with Gasteiger partial charge in [-0.15, -0.1) is 0 Å². The molecule has 2 aliphatic rings. The normalized spacial score (nSPS) is 35.3. The standard InChI is InChI=1S/C13H23NO2/c1-3-4-13(2,16)8-14-12(15)11-6-9-5-10(9)7-11/h9-11,16H,3-8H2,1-2H3,(H,14,15). The summed E-state index contributed by atoms with van der Waals surface area (Å²) in [5.74, 6) is 2.06. The van der Waals surface area contributed by atoms with Crippen LogP contribution in [0.25, 0.3) is 0 Å². The summed E-state index contributed by atoms with van der Waals surface area (Å²) in [6.45, 7) is 4.23. The van der Waals surface area contributed by atoms with Crippen molar-refractivity contribution in [1.29, 1.82) is 0 Å². The van der Waals surface area contributed by atoms with E-state index in [1.165, 1.54) is 6.42 Å². The van der Waals surface area contributed by atoms with Crippen LogP contribution in [0, 0.1) is 17.8 Å². The molecule has 3 atom stereocenters. The van der Waals surface area contributed by atoms with Crippen LogP contribution in [-0.4, -0.2) is 23.2 Å². The number of nitrogens with one attached hydrogen (secondary N) is 1. The van der Waals surface area contributed by atoms with Crippen LogP contribution in [0.3, 0.4) is 0 Å². The Labute approximate surface area is 97.6 Å². The van der Waals surface area contributed by atoms with E-state index in [0.717, 1.165) is 37.5 Å². The van der Waals surface area contributed by atoms with E-state index in [9.17, 15) is 9.90 Å². The van der Waals surface area contributed by atoms with Gasteiger partial charge in [0, 0.05) is 12.5 Å². The summed E-state index contributed by atoms with van der Waals surface area (Å²) in [5, 5.41) is 12.9. The highest BCUT2D eigenvalue weighted by molar-refractivity contribution is 5.79. The van der Waals surface area contributed by atoms with Crippen molar-refractivity contribution in [2.24, 2.45) is 17.8 Å². The zero-order valence-corrected chi connectivity index (χ0v) is 10.3. The number of aliphatic hydroxyl groups is 1. The lowest BCUT2D eigenvalue weighted by molar-refractivity contribution is -0.126. The van der Waals surface area contributed by atoms with Crippen LogP contribution >= 0.6 is 0 Å². The number of fused-ring (bicyclic) bond motifs is 1. The second-order valence-electron chi connectivity index (χ2n) is 5.89. The predicted molar refractivity (Wildman–Crippen MR) is 62.9 cm³/mol. The quantitative estimate of drug-likeness (QED) is 0.748. The second kappa shape index (κ2) is 4.36. The molecular formula is C13H23NO2. The third kappa shape index (κ3) is 2.76. The first-order valence-electron chi connectivity index (χ1n) is 6.52. The maximum absolute atomic E-state index is 11.8. The van der Waals surface area contributed by atoms with E-state index in [4.69, 9.17) is 0 Å². The van der Waals surface area contributed by atoms with Gasteiger partial charge in [0.15, 0.2) is 0 Å². The van der Waals surface area contributed by atoms with Crippen molar-refractivity contribution in [1.82, 2.24) is 5.32 Å². The Balaban J connectivity index is 1.71. The molecule has 3 heteroatoms. The Morgan fingerprint density at radius 1 is 1.38 bits per heavy atom. The molecule has 0 aromatic rings. The van der Waals surface area contributed by atoms with Crippen molar-refractivity contribution < 1.29 is 9.90 Å². The Kier molecular flexibility index (Phi) is 3.24. The van der Waals surface area contributed by atoms with Gasteiger partial charge in [-0.05, 0) is 44.4 Å². The molecule has 0 aliphatic heterocycles. The van der Waals surface area contributed by atoms with Crippen molar-refractivity contribution in [2.45, 2.75) is 51.6 Å². The summed E-state index contributed by atoms with van der Waals surface area (Å²) in [5.41, 5.74) is -0.744. The molecule has 2 N–H and O–H groups in total. The van der Waals surface area contributed by atoms with Gasteiger partial charge in [-0.1, -0.05) is 13.3 Å². The Hall–Kier alpha value is -0.570. The molecule has 0 heterocycles.